The maximum atomic E-state index is 2.47. The Balaban J connectivity index is 1.05. The summed E-state index contributed by atoms with van der Waals surface area (Å²) in [6.45, 7) is 0. The maximum absolute atomic E-state index is 2.47. The molecule has 1 aromatic heterocycles. The Bertz CT molecular complexity index is 3450. The molecule has 300 valence electrons. The highest BCUT2D eigenvalue weighted by atomic mass is 15.2. The summed E-state index contributed by atoms with van der Waals surface area (Å²) in [5, 5.41) is 2.51. The average molecular weight is 816 g/mol. The summed E-state index contributed by atoms with van der Waals surface area (Å²) in [5.74, 6) is 0. The first-order valence-electron chi connectivity index (χ1n) is 22.1. The summed E-state index contributed by atoms with van der Waals surface area (Å²) in [6.07, 6.45) is 0. The van der Waals surface area contributed by atoms with Crippen molar-refractivity contribution in [2.45, 2.75) is 5.41 Å². The Kier molecular flexibility index (Phi) is 8.13. The minimum absolute atomic E-state index is 0.566. The molecule has 0 amide bonds. The van der Waals surface area contributed by atoms with Crippen molar-refractivity contribution >= 4 is 55.9 Å². The van der Waals surface area contributed by atoms with Crippen molar-refractivity contribution in [3.63, 3.8) is 0 Å². The van der Waals surface area contributed by atoms with Crippen LogP contribution in [0.15, 0.2) is 249 Å². The Hall–Kier alpha value is -8.40. The van der Waals surface area contributed by atoms with Gasteiger partial charge in [-0.1, -0.05) is 170 Å². The van der Waals surface area contributed by atoms with Crippen LogP contribution in [-0.2, 0) is 5.41 Å². The molecule has 2 aliphatic rings. The van der Waals surface area contributed by atoms with E-state index >= 15 is 0 Å². The van der Waals surface area contributed by atoms with E-state index in [0.717, 1.165) is 28.4 Å². The molecule has 0 atom stereocenters. The third-order valence-corrected chi connectivity index (χ3v) is 13.6. The highest BCUT2D eigenvalue weighted by Crippen LogP contribution is 2.65. The molecule has 11 aromatic rings. The van der Waals surface area contributed by atoms with E-state index < -0.39 is 5.41 Å². The molecule has 0 unspecified atom stereocenters. The van der Waals surface area contributed by atoms with Gasteiger partial charge in [-0.3, -0.25) is 0 Å². The van der Waals surface area contributed by atoms with Crippen LogP contribution < -0.4 is 9.80 Å². The van der Waals surface area contributed by atoms with Gasteiger partial charge in [0.1, 0.15) is 0 Å². The first kappa shape index (κ1) is 36.3. The van der Waals surface area contributed by atoms with E-state index in [0.29, 0.717) is 0 Å². The molecular weight excluding hydrogens is 775 g/mol. The number of aromatic nitrogens is 1. The molecule has 1 aliphatic carbocycles. The molecule has 0 saturated carbocycles. The van der Waals surface area contributed by atoms with E-state index in [1.807, 2.05) is 0 Å². The van der Waals surface area contributed by atoms with Gasteiger partial charge < -0.3 is 14.4 Å². The van der Waals surface area contributed by atoms with Gasteiger partial charge in [0, 0.05) is 39.1 Å². The Morgan fingerprint density at radius 1 is 0.328 bits per heavy atom. The maximum Gasteiger partial charge on any atom is 0.0755 e. The Morgan fingerprint density at radius 3 is 1.45 bits per heavy atom. The highest BCUT2D eigenvalue weighted by molar-refractivity contribution is 6.09. The smallest absolute Gasteiger partial charge is 0.0755 e. The predicted molar refractivity (Wildman–Crippen MR) is 266 cm³/mol. The van der Waals surface area contributed by atoms with Gasteiger partial charge in [-0.15, -0.1) is 0 Å². The van der Waals surface area contributed by atoms with Crippen molar-refractivity contribution in [2.75, 3.05) is 9.80 Å². The van der Waals surface area contributed by atoms with Crippen LogP contribution in [0.3, 0.4) is 0 Å². The van der Waals surface area contributed by atoms with Crippen LogP contribution in [0.5, 0.6) is 0 Å². The summed E-state index contributed by atoms with van der Waals surface area (Å²) in [4.78, 5) is 4.91. The zero-order valence-corrected chi connectivity index (χ0v) is 35.0. The fraction of sp³-hybridized carbons (Fsp3) is 0.0164. The normalized spacial score (nSPS) is 13.1. The van der Waals surface area contributed by atoms with E-state index in [1.54, 1.807) is 0 Å². The zero-order valence-electron chi connectivity index (χ0n) is 35.0. The molecule has 3 nitrogen and oxygen atoms in total. The molecule has 1 aliphatic heterocycles. The molecule has 0 radical (unpaired) electrons. The fourth-order valence-corrected chi connectivity index (χ4v) is 11.0. The van der Waals surface area contributed by atoms with Crippen molar-refractivity contribution in [2.24, 2.45) is 0 Å². The lowest BCUT2D eigenvalue weighted by Crippen LogP contribution is -2.36. The molecule has 13 rings (SSSR count). The number of hydrogen-bond donors (Lipinski definition) is 0. The molecule has 2 heterocycles. The van der Waals surface area contributed by atoms with Crippen molar-refractivity contribution in [3.8, 4) is 27.9 Å². The van der Waals surface area contributed by atoms with Gasteiger partial charge >= 0.3 is 0 Å². The zero-order chi connectivity index (χ0) is 42.2. The molecule has 10 aromatic carbocycles. The second-order valence-electron chi connectivity index (χ2n) is 16.8. The molecular formula is C61H41N3. The van der Waals surface area contributed by atoms with E-state index in [2.05, 4.69) is 263 Å². The number of benzene rings is 10. The second kappa shape index (κ2) is 14.3. The molecule has 0 fully saturated rings. The van der Waals surface area contributed by atoms with E-state index in [-0.39, 0.29) is 0 Å². The van der Waals surface area contributed by atoms with Gasteiger partial charge in [0.25, 0.3) is 0 Å². The largest absolute Gasteiger partial charge is 0.310 e. The minimum atomic E-state index is -0.566. The number of rotatable bonds is 6. The van der Waals surface area contributed by atoms with Gasteiger partial charge in [0.15, 0.2) is 0 Å². The topological polar surface area (TPSA) is 11.4 Å². The van der Waals surface area contributed by atoms with Gasteiger partial charge in [-0.2, -0.15) is 0 Å². The molecule has 64 heavy (non-hydrogen) atoms. The lowest BCUT2D eigenvalue weighted by atomic mass is 9.64. The van der Waals surface area contributed by atoms with Crippen LogP contribution in [0.2, 0.25) is 0 Å². The molecule has 0 saturated heterocycles. The fourth-order valence-electron chi connectivity index (χ4n) is 11.0. The predicted octanol–water partition coefficient (Wildman–Crippen LogP) is 16.1. The lowest BCUT2D eigenvalue weighted by Gasteiger charge is -2.45. The summed E-state index contributed by atoms with van der Waals surface area (Å²) < 4.78 is 2.39. The number of fused-ring (bicyclic) bond motifs is 12. The minimum Gasteiger partial charge on any atom is -0.310 e. The number of hydrogen-bond acceptors (Lipinski definition) is 2. The second-order valence-corrected chi connectivity index (χ2v) is 16.8. The number of nitrogens with zero attached hydrogens (tertiary/aromatic N) is 3. The number of para-hydroxylation sites is 5. The highest BCUT2D eigenvalue weighted by Gasteiger charge is 2.52. The van der Waals surface area contributed by atoms with Crippen molar-refractivity contribution < 1.29 is 0 Å². The monoisotopic (exact) mass is 815 g/mol. The van der Waals surface area contributed by atoms with Crippen LogP contribution in [0, 0.1) is 0 Å². The standard InChI is InChI=1S/C61H41N3/c1-3-18-42(19-4-1)43-34-36-45(37-35-43)62(46-38-40-47(41-39-46)63-55-29-13-8-22-48(55)49-23-9-14-30-56(49)63)59-33-17-28-54-60(59)50-24-7-10-25-51(50)61(54)52-26-11-15-31-57(52)64(44-20-5-2-6-21-44)58-32-16-12-27-53(58)61/h1-41H. The van der Waals surface area contributed by atoms with E-state index in [1.165, 1.54) is 77.7 Å². The molecule has 0 N–H and O–H groups in total. The van der Waals surface area contributed by atoms with Gasteiger partial charge in [0.05, 0.1) is 33.5 Å². The van der Waals surface area contributed by atoms with E-state index in [4.69, 9.17) is 0 Å². The Labute approximate surface area is 373 Å². The van der Waals surface area contributed by atoms with Gasteiger partial charge in [-0.25, -0.2) is 0 Å². The summed E-state index contributed by atoms with van der Waals surface area (Å²) in [7, 11) is 0. The molecule has 3 heteroatoms. The van der Waals surface area contributed by atoms with Crippen molar-refractivity contribution in [3.05, 3.63) is 271 Å². The average Bonchev–Trinajstić information content (AvgIpc) is 3.87. The quantitative estimate of drug-likeness (QED) is 0.166. The van der Waals surface area contributed by atoms with Crippen LogP contribution in [0.25, 0.3) is 49.7 Å². The third kappa shape index (κ3) is 5.22. The van der Waals surface area contributed by atoms with Gasteiger partial charge in [-0.05, 0) is 118 Å². The van der Waals surface area contributed by atoms with Crippen LogP contribution in [-0.4, -0.2) is 4.57 Å². The van der Waals surface area contributed by atoms with Crippen LogP contribution >= 0.6 is 0 Å². The number of anilines is 6. The van der Waals surface area contributed by atoms with Crippen molar-refractivity contribution in [1.29, 1.82) is 0 Å². The summed E-state index contributed by atoms with van der Waals surface area (Å²) >= 11 is 0. The summed E-state index contributed by atoms with van der Waals surface area (Å²) in [5.41, 5.74) is 19.8. The Morgan fingerprint density at radius 2 is 0.812 bits per heavy atom. The first-order valence-corrected chi connectivity index (χ1v) is 22.1. The first-order chi connectivity index (χ1) is 31.8. The van der Waals surface area contributed by atoms with Crippen LogP contribution in [0.1, 0.15) is 22.3 Å². The SMILES string of the molecule is c1ccc(-c2ccc(N(c3ccc(-n4c5ccccc5c5ccccc54)cc3)c3cccc4c3-c3ccccc3C43c4ccccc4N(c4ccccc4)c4ccccc43)cc2)cc1. The summed E-state index contributed by atoms with van der Waals surface area (Å²) in [6, 6.07) is 91.3. The third-order valence-electron chi connectivity index (χ3n) is 13.6. The molecule has 0 bridgehead atoms. The van der Waals surface area contributed by atoms with Crippen LogP contribution in [0.4, 0.5) is 34.1 Å². The lowest BCUT2D eigenvalue weighted by molar-refractivity contribution is 0.752. The van der Waals surface area contributed by atoms with E-state index in [9.17, 15) is 0 Å². The van der Waals surface area contributed by atoms with Crippen molar-refractivity contribution in [1.82, 2.24) is 4.57 Å². The molecule has 1 spiro atoms. The van der Waals surface area contributed by atoms with Gasteiger partial charge in [0.2, 0.25) is 0 Å².